The molecule has 1 saturated heterocycles. The Kier molecular flexibility index (Phi) is 5.97. The van der Waals surface area contributed by atoms with Crippen molar-refractivity contribution in [3.05, 3.63) is 53.4 Å². The summed E-state index contributed by atoms with van der Waals surface area (Å²) >= 11 is 0. The van der Waals surface area contributed by atoms with Crippen LogP contribution in [-0.4, -0.2) is 51.6 Å². The van der Waals surface area contributed by atoms with Crippen molar-refractivity contribution < 1.29 is 9.32 Å². The number of aromatic nitrogens is 4. The van der Waals surface area contributed by atoms with E-state index >= 15 is 0 Å². The van der Waals surface area contributed by atoms with Crippen LogP contribution in [0.2, 0.25) is 0 Å². The highest BCUT2D eigenvalue weighted by Gasteiger charge is 2.34. The van der Waals surface area contributed by atoms with Crippen LogP contribution in [0, 0.1) is 6.92 Å². The highest BCUT2D eigenvalue weighted by molar-refractivity contribution is 5.96. The maximum atomic E-state index is 13.7. The van der Waals surface area contributed by atoms with Crippen LogP contribution in [0.5, 0.6) is 0 Å². The van der Waals surface area contributed by atoms with Gasteiger partial charge in [-0.1, -0.05) is 12.1 Å². The summed E-state index contributed by atoms with van der Waals surface area (Å²) in [4.78, 5) is 31.1. The molecular weight excluding hydrogens is 392 g/mol. The van der Waals surface area contributed by atoms with E-state index in [2.05, 4.69) is 15.1 Å². The van der Waals surface area contributed by atoms with Crippen molar-refractivity contribution in [3.8, 4) is 11.1 Å². The molecule has 0 aromatic carbocycles. The van der Waals surface area contributed by atoms with Gasteiger partial charge in [0, 0.05) is 44.8 Å². The second-order valence-electron chi connectivity index (χ2n) is 8.02. The van der Waals surface area contributed by atoms with E-state index in [-0.39, 0.29) is 11.9 Å². The van der Waals surface area contributed by atoms with Crippen LogP contribution >= 0.6 is 0 Å². The average Bonchev–Trinajstić information content (AvgIpc) is 3.19. The lowest BCUT2D eigenvalue weighted by atomic mass is 9.93. The maximum absolute atomic E-state index is 13.7. The number of nitrogens with zero attached hydrogens (tertiary/aromatic N) is 6. The molecule has 0 spiro atoms. The first kappa shape index (κ1) is 21.0. The zero-order chi connectivity index (χ0) is 22.0. The van der Waals surface area contributed by atoms with Crippen LogP contribution in [0.3, 0.4) is 0 Å². The van der Waals surface area contributed by atoms with Gasteiger partial charge in [-0.05, 0) is 50.3 Å². The normalized spacial score (nSPS) is 16.4. The van der Waals surface area contributed by atoms with Gasteiger partial charge in [0.25, 0.3) is 5.91 Å². The molecule has 0 radical (unpaired) electrons. The van der Waals surface area contributed by atoms with E-state index in [0.29, 0.717) is 35.9 Å². The molecule has 4 heterocycles. The van der Waals surface area contributed by atoms with Gasteiger partial charge in [-0.25, -0.2) is 9.97 Å². The lowest BCUT2D eigenvalue weighted by molar-refractivity contribution is 0.0604. The van der Waals surface area contributed by atoms with Gasteiger partial charge in [0.2, 0.25) is 5.95 Å². The Balaban J connectivity index is 1.81. The Morgan fingerprint density at radius 1 is 1.26 bits per heavy atom. The van der Waals surface area contributed by atoms with Crippen molar-refractivity contribution in [2.24, 2.45) is 0 Å². The Hall–Kier alpha value is -3.29. The first-order chi connectivity index (χ1) is 15.0. The summed E-state index contributed by atoms with van der Waals surface area (Å²) < 4.78 is 5.35. The van der Waals surface area contributed by atoms with Crippen LogP contribution < -0.4 is 4.90 Å². The van der Waals surface area contributed by atoms with Crippen LogP contribution in [0.1, 0.15) is 59.7 Å². The average molecular weight is 421 g/mol. The summed E-state index contributed by atoms with van der Waals surface area (Å²) in [5.41, 5.74) is 4.07. The molecule has 0 N–H and O–H groups in total. The van der Waals surface area contributed by atoms with E-state index in [1.807, 2.05) is 49.1 Å². The Morgan fingerprint density at radius 3 is 2.74 bits per heavy atom. The molecule has 8 heteroatoms. The minimum Gasteiger partial charge on any atom is -0.361 e. The van der Waals surface area contributed by atoms with Gasteiger partial charge in [-0.3, -0.25) is 9.78 Å². The molecular formula is C23H28N6O2. The van der Waals surface area contributed by atoms with Gasteiger partial charge in [-0.2, -0.15) is 0 Å². The van der Waals surface area contributed by atoms with E-state index in [4.69, 9.17) is 9.51 Å². The number of hydrogen-bond donors (Lipinski definition) is 0. The molecule has 3 aromatic rings. The number of hydrogen-bond acceptors (Lipinski definition) is 7. The molecule has 3 aromatic heterocycles. The molecule has 1 aliphatic rings. The number of piperidine rings is 1. The molecule has 1 fully saturated rings. The number of anilines is 1. The summed E-state index contributed by atoms with van der Waals surface area (Å²) in [6.07, 6.45) is 8.87. The molecule has 162 valence electrons. The Morgan fingerprint density at radius 2 is 2.03 bits per heavy atom. The molecule has 8 nitrogen and oxygen atoms in total. The van der Waals surface area contributed by atoms with Crippen LogP contribution in [-0.2, 0) is 6.42 Å². The SMILES string of the molecule is CCc1noc(C)c1C(=O)N1CCCCC1c1nc(N(C)C)ncc1-c1ccncc1. The van der Waals surface area contributed by atoms with Crippen molar-refractivity contribution in [2.75, 3.05) is 25.5 Å². The second-order valence-corrected chi connectivity index (χ2v) is 8.02. The summed E-state index contributed by atoms with van der Waals surface area (Å²) in [5, 5.41) is 4.09. The molecule has 0 bridgehead atoms. The topological polar surface area (TPSA) is 88.3 Å². The number of amides is 1. The Labute approximate surface area is 182 Å². The lowest BCUT2D eigenvalue weighted by Crippen LogP contribution is -2.39. The fourth-order valence-corrected chi connectivity index (χ4v) is 4.14. The minimum atomic E-state index is -0.148. The number of rotatable bonds is 5. The first-order valence-corrected chi connectivity index (χ1v) is 10.7. The van der Waals surface area contributed by atoms with E-state index in [1.54, 1.807) is 19.3 Å². The van der Waals surface area contributed by atoms with Crippen LogP contribution in [0.15, 0.2) is 35.2 Å². The predicted molar refractivity (Wildman–Crippen MR) is 118 cm³/mol. The fourth-order valence-electron chi connectivity index (χ4n) is 4.14. The van der Waals surface area contributed by atoms with Crippen LogP contribution in [0.25, 0.3) is 11.1 Å². The molecule has 1 amide bonds. The van der Waals surface area contributed by atoms with E-state index in [0.717, 1.165) is 36.1 Å². The van der Waals surface area contributed by atoms with E-state index in [1.165, 1.54) is 0 Å². The summed E-state index contributed by atoms with van der Waals surface area (Å²) in [5.74, 6) is 1.16. The lowest BCUT2D eigenvalue weighted by Gasteiger charge is -2.36. The number of likely N-dealkylation sites (tertiary alicyclic amines) is 1. The fraction of sp³-hybridized carbons (Fsp3) is 0.435. The van der Waals surface area contributed by atoms with Crippen molar-refractivity contribution >= 4 is 11.9 Å². The predicted octanol–water partition coefficient (Wildman–Crippen LogP) is 3.83. The van der Waals surface area contributed by atoms with Crippen molar-refractivity contribution in [1.29, 1.82) is 0 Å². The smallest absolute Gasteiger partial charge is 0.259 e. The Bertz CT molecular complexity index is 1060. The molecule has 31 heavy (non-hydrogen) atoms. The largest absolute Gasteiger partial charge is 0.361 e. The van der Waals surface area contributed by atoms with Gasteiger partial charge in [0.15, 0.2) is 0 Å². The molecule has 0 aliphatic carbocycles. The third-order valence-electron chi connectivity index (χ3n) is 5.76. The molecule has 1 unspecified atom stereocenters. The molecule has 0 saturated carbocycles. The monoisotopic (exact) mass is 420 g/mol. The molecule has 4 rings (SSSR count). The standard InChI is InChI=1S/C23H28N6O2/c1-5-18-20(15(2)31-27-18)22(30)29-13-7-6-8-19(29)21-17(16-9-11-24-12-10-16)14-25-23(26-21)28(3)4/h9-12,14,19H,5-8,13H2,1-4H3. The number of carbonyl (C=O) groups is 1. The second kappa shape index (κ2) is 8.83. The summed E-state index contributed by atoms with van der Waals surface area (Å²) in [6.45, 7) is 4.46. The third kappa shape index (κ3) is 4.02. The number of aryl methyl sites for hydroxylation is 2. The van der Waals surface area contributed by atoms with Crippen molar-refractivity contribution in [2.45, 2.75) is 45.6 Å². The highest BCUT2D eigenvalue weighted by Crippen LogP contribution is 2.37. The van der Waals surface area contributed by atoms with E-state index in [9.17, 15) is 4.79 Å². The minimum absolute atomic E-state index is 0.0361. The van der Waals surface area contributed by atoms with Gasteiger partial charge in [-0.15, -0.1) is 0 Å². The maximum Gasteiger partial charge on any atom is 0.259 e. The van der Waals surface area contributed by atoms with E-state index < -0.39 is 0 Å². The number of pyridine rings is 1. The van der Waals surface area contributed by atoms with Gasteiger partial charge >= 0.3 is 0 Å². The van der Waals surface area contributed by atoms with Gasteiger partial charge < -0.3 is 14.3 Å². The quantitative estimate of drug-likeness (QED) is 0.620. The highest BCUT2D eigenvalue weighted by atomic mass is 16.5. The summed E-state index contributed by atoms with van der Waals surface area (Å²) in [6, 6.07) is 3.75. The molecule has 1 aliphatic heterocycles. The first-order valence-electron chi connectivity index (χ1n) is 10.7. The summed E-state index contributed by atoms with van der Waals surface area (Å²) in [7, 11) is 3.84. The zero-order valence-electron chi connectivity index (χ0n) is 18.5. The third-order valence-corrected chi connectivity index (χ3v) is 5.76. The zero-order valence-corrected chi connectivity index (χ0v) is 18.5. The van der Waals surface area contributed by atoms with Crippen molar-refractivity contribution in [1.82, 2.24) is 25.0 Å². The van der Waals surface area contributed by atoms with Crippen LogP contribution in [0.4, 0.5) is 5.95 Å². The van der Waals surface area contributed by atoms with Crippen molar-refractivity contribution in [3.63, 3.8) is 0 Å². The van der Waals surface area contributed by atoms with Gasteiger partial charge in [0.05, 0.1) is 17.4 Å². The number of carbonyl (C=O) groups excluding carboxylic acids is 1. The van der Waals surface area contributed by atoms with Gasteiger partial charge in [0.1, 0.15) is 11.3 Å². The molecule has 1 atom stereocenters.